The van der Waals surface area contributed by atoms with E-state index in [1.807, 2.05) is 0 Å². The third kappa shape index (κ3) is 1.38. The number of anilines is 1. The summed E-state index contributed by atoms with van der Waals surface area (Å²) in [4.78, 5) is 10.6. The number of nitrogens with two attached hydrogens (primary N) is 1. The van der Waals surface area contributed by atoms with Gasteiger partial charge in [-0.1, -0.05) is 6.07 Å². The maximum atomic E-state index is 10.6. The van der Waals surface area contributed by atoms with Crippen LogP contribution in [0.1, 0.15) is 15.9 Å². The van der Waals surface area contributed by atoms with Crippen LogP contribution in [0.4, 0.5) is 5.69 Å². The van der Waals surface area contributed by atoms with Crippen LogP contribution >= 0.6 is 0 Å². The van der Waals surface area contributed by atoms with Gasteiger partial charge >= 0.3 is 5.97 Å². The molecular weight excluding hydrogens is 156 g/mol. The molecule has 0 unspecified atom stereocenters. The van der Waals surface area contributed by atoms with E-state index in [1.54, 1.807) is 25.1 Å². The Morgan fingerprint density at radius 3 is 2.75 bits per heavy atom. The van der Waals surface area contributed by atoms with Crippen molar-refractivity contribution in [3.8, 4) is 0 Å². The predicted molar refractivity (Wildman–Crippen MR) is 45.9 cm³/mol. The van der Waals surface area contributed by atoms with E-state index in [4.69, 9.17) is 10.9 Å². The van der Waals surface area contributed by atoms with Crippen LogP contribution in [0.15, 0.2) is 18.2 Å². The first-order valence-corrected chi connectivity index (χ1v) is 3.46. The summed E-state index contributed by atoms with van der Waals surface area (Å²) in [5, 5.41) is 8.72. The van der Waals surface area contributed by atoms with Crippen LogP contribution < -0.4 is 11.3 Å². The number of aromatic carboxylic acids is 1. The first-order valence-electron chi connectivity index (χ1n) is 3.46. The van der Waals surface area contributed by atoms with Gasteiger partial charge in [0.25, 0.3) is 0 Å². The Labute approximate surface area is 70.0 Å². The summed E-state index contributed by atoms with van der Waals surface area (Å²) >= 11 is 0. The van der Waals surface area contributed by atoms with Crippen molar-refractivity contribution >= 4 is 11.7 Å². The topological polar surface area (TPSA) is 75.3 Å². The Kier molecular flexibility index (Phi) is 2.30. The van der Waals surface area contributed by atoms with E-state index in [9.17, 15) is 4.79 Å². The standard InChI is InChI=1S/C8H10N2O2/c1-5-6(8(11)12)3-2-4-7(5)10-9/h2-4,10H,9H2,1H3,(H,11,12). The van der Waals surface area contributed by atoms with Crippen molar-refractivity contribution in [3.63, 3.8) is 0 Å². The van der Waals surface area contributed by atoms with Crippen LogP contribution in [0.5, 0.6) is 0 Å². The molecule has 0 aliphatic heterocycles. The summed E-state index contributed by atoms with van der Waals surface area (Å²) in [6, 6.07) is 4.91. The van der Waals surface area contributed by atoms with Gasteiger partial charge in [0.2, 0.25) is 0 Å². The van der Waals surface area contributed by atoms with Gasteiger partial charge in [-0.15, -0.1) is 0 Å². The fourth-order valence-electron chi connectivity index (χ4n) is 1.02. The van der Waals surface area contributed by atoms with Crippen molar-refractivity contribution in [3.05, 3.63) is 29.3 Å². The molecule has 1 rings (SSSR count). The zero-order valence-electron chi connectivity index (χ0n) is 6.66. The highest BCUT2D eigenvalue weighted by molar-refractivity contribution is 5.91. The second-order valence-corrected chi connectivity index (χ2v) is 2.43. The number of carbonyl (C=O) groups is 1. The SMILES string of the molecule is Cc1c(NN)cccc1C(=O)O. The van der Waals surface area contributed by atoms with Crippen LogP contribution in [0, 0.1) is 6.92 Å². The summed E-state index contributed by atoms with van der Waals surface area (Å²) in [5.74, 6) is 4.24. The van der Waals surface area contributed by atoms with Crippen LogP contribution in [0.2, 0.25) is 0 Å². The highest BCUT2D eigenvalue weighted by atomic mass is 16.4. The average molecular weight is 166 g/mol. The maximum absolute atomic E-state index is 10.6. The molecule has 0 aliphatic carbocycles. The Morgan fingerprint density at radius 2 is 2.25 bits per heavy atom. The summed E-state index contributed by atoms with van der Waals surface area (Å²) < 4.78 is 0. The highest BCUT2D eigenvalue weighted by Crippen LogP contribution is 2.17. The van der Waals surface area contributed by atoms with Crippen LogP contribution in [0.3, 0.4) is 0 Å². The van der Waals surface area contributed by atoms with Gasteiger partial charge in [0, 0.05) is 0 Å². The number of hydrogen-bond donors (Lipinski definition) is 3. The number of nitrogen functional groups attached to an aromatic ring is 1. The molecule has 0 bridgehead atoms. The number of carboxylic acids is 1. The van der Waals surface area contributed by atoms with Crippen molar-refractivity contribution < 1.29 is 9.90 Å². The molecule has 0 radical (unpaired) electrons. The van der Waals surface area contributed by atoms with E-state index in [0.717, 1.165) is 0 Å². The Bertz CT molecular complexity index is 310. The number of carboxylic acid groups (broad SMARTS) is 1. The molecule has 0 amide bonds. The van der Waals surface area contributed by atoms with Crippen LogP contribution in [-0.4, -0.2) is 11.1 Å². The molecule has 0 saturated heterocycles. The third-order valence-electron chi connectivity index (χ3n) is 1.72. The summed E-state index contributed by atoms with van der Waals surface area (Å²) in [5.41, 5.74) is 3.98. The predicted octanol–water partition coefficient (Wildman–Crippen LogP) is 0.979. The quantitative estimate of drug-likeness (QED) is 0.452. The molecule has 0 atom stereocenters. The molecule has 1 aromatic rings. The van der Waals surface area contributed by atoms with Gasteiger partial charge < -0.3 is 10.5 Å². The number of hydrogen-bond acceptors (Lipinski definition) is 3. The lowest BCUT2D eigenvalue weighted by Gasteiger charge is -2.06. The largest absolute Gasteiger partial charge is 0.478 e. The maximum Gasteiger partial charge on any atom is 0.336 e. The third-order valence-corrected chi connectivity index (χ3v) is 1.72. The zero-order valence-corrected chi connectivity index (χ0v) is 6.66. The molecule has 12 heavy (non-hydrogen) atoms. The molecule has 4 N–H and O–H groups in total. The minimum atomic E-state index is -0.940. The number of benzene rings is 1. The normalized spacial score (nSPS) is 9.50. The van der Waals surface area contributed by atoms with Gasteiger partial charge in [-0.05, 0) is 24.6 Å². The van der Waals surface area contributed by atoms with E-state index < -0.39 is 5.97 Å². The van der Waals surface area contributed by atoms with Crippen molar-refractivity contribution in [2.75, 3.05) is 5.43 Å². The highest BCUT2D eigenvalue weighted by Gasteiger charge is 2.08. The van der Waals surface area contributed by atoms with E-state index in [0.29, 0.717) is 11.3 Å². The Hall–Kier alpha value is -1.55. The van der Waals surface area contributed by atoms with Crippen LogP contribution in [0.25, 0.3) is 0 Å². The lowest BCUT2D eigenvalue weighted by molar-refractivity contribution is 0.0696. The number of nitrogens with one attached hydrogen (secondary N) is 1. The molecule has 0 saturated carbocycles. The minimum absolute atomic E-state index is 0.269. The van der Waals surface area contributed by atoms with Gasteiger partial charge in [-0.25, -0.2) is 4.79 Å². The molecule has 0 spiro atoms. The van der Waals surface area contributed by atoms with E-state index >= 15 is 0 Å². The molecule has 64 valence electrons. The molecule has 4 nitrogen and oxygen atoms in total. The minimum Gasteiger partial charge on any atom is -0.478 e. The molecule has 4 heteroatoms. The molecular formula is C8H10N2O2. The van der Waals surface area contributed by atoms with Crippen LogP contribution in [-0.2, 0) is 0 Å². The fourth-order valence-corrected chi connectivity index (χ4v) is 1.02. The van der Waals surface area contributed by atoms with Gasteiger partial charge in [-0.3, -0.25) is 5.84 Å². The van der Waals surface area contributed by atoms with Crippen molar-refractivity contribution in [2.24, 2.45) is 5.84 Å². The molecule has 1 aromatic carbocycles. The summed E-state index contributed by atoms with van der Waals surface area (Å²) in [7, 11) is 0. The monoisotopic (exact) mass is 166 g/mol. The van der Waals surface area contributed by atoms with Gasteiger partial charge in [0.05, 0.1) is 11.3 Å². The fraction of sp³-hybridized carbons (Fsp3) is 0.125. The van der Waals surface area contributed by atoms with Crippen molar-refractivity contribution in [1.82, 2.24) is 0 Å². The second kappa shape index (κ2) is 3.23. The first kappa shape index (κ1) is 8.55. The summed E-state index contributed by atoms with van der Waals surface area (Å²) in [6.07, 6.45) is 0. The molecule has 0 aromatic heterocycles. The molecule has 0 heterocycles. The lowest BCUT2D eigenvalue weighted by atomic mass is 10.1. The van der Waals surface area contributed by atoms with Gasteiger partial charge in [-0.2, -0.15) is 0 Å². The number of hydrazine groups is 1. The van der Waals surface area contributed by atoms with Crippen molar-refractivity contribution in [2.45, 2.75) is 6.92 Å². The van der Waals surface area contributed by atoms with E-state index in [-0.39, 0.29) is 5.56 Å². The van der Waals surface area contributed by atoms with Crippen molar-refractivity contribution in [1.29, 1.82) is 0 Å². The van der Waals surface area contributed by atoms with E-state index in [2.05, 4.69) is 5.43 Å². The van der Waals surface area contributed by atoms with Gasteiger partial charge in [0.15, 0.2) is 0 Å². The molecule has 0 aliphatic rings. The zero-order chi connectivity index (χ0) is 9.14. The lowest BCUT2D eigenvalue weighted by Crippen LogP contribution is -2.10. The Morgan fingerprint density at radius 1 is 1.58 bits per heavy atom. The smallest absolute Gasteiger partial charge is 0.336 e. The Balaban J connectivity index is 3.23. The van der Waals surface area contributed by atoms with E-state index in [1.165, 1.54) is 0 Å². The molecule has 0 fully saturated rings. The number of rotatable bonds is 2. The first-order chi connectivity index (χ1) is 5.66. The average Bonchev–Trinajstić information content (AvgIpc) is 2.04. The second-order valence-electron chi connectivity index (χ2n) is 2.43. The summed E-state index contributed by atoms with van der Waals surface area (Å²) in [6.45, 7) is 1.71. The van der Waals surface area contributed by atoms with Gasteiger partial charge in [0.1, 0.15) is 0 Å².